The first-order valence-electron chi connectivity index (χ1n) is 4.45. The van der Waals surface area contributed by atoms with Crippen molar-refractivity contribution in [3.63, 3.8) is 0 Å². The zero-order valence-electron chi connectivity index (χ0n) is 8.63. The quantitative estimate of drug-likeness (QED) is 0.544. The topological polar surface area (TPSA) is 52.3 Å². The first-order valence-corrected chi connectivity index (χ1v) is 5.61. The second-order valence-electron chi connectivity index (χ2n) is 3.78. The third-order valence-electron chi connectivity index (χ3n) is 1.13. The maximum Gasteiger partial charge on any atom is 0.316 e. The SMILES string of the molecule is CC(C)(C)OC(=O)CSCCCN. The Labute approximate surface area is 84.4 Å². The van der Waals surface area contributed by atoms with Gasteiger partial charge in [0.2, 0.25) is 0 Å². The lowest BCUT2D eigenvalue weighted by atomic mass is 10.2. The maximum atomic E-state index is 11.1. The van der Waals surface area contributed by atoms with Crippen molar-refractivity contribution in [3.8, 4) is 0 Å². The van der Waals surface area contributed by atoms with Crippen LogP contribution in [0.2, 0.25) is 0 Å². The lowest BCUT2D eigenvalue weighted by Crippen LogP contribution is -2.25. The average molecular weight is 205 g/mol. The van der Waals surface area contributed by atoms with Crippen molar-refractivity contribution in [1.82, 2.24) is 0 Å². The van der Waals surface area contributed by atoms with Crippen LogP contribution in [-0.4, -0.2) is 29.6 Å². The Morgan fingerprint density at radius 3 is 2.54 bits per heavy atom. The molecule has 0 amide bonds. The van der Waals surface area contributed by atoms with Gasteiger partial charge in [-0.3, -0.25) is 4.79 Å². The van der Waals surface area contributed by atoms with Gasteiger partial charge in [-0.15, -0.1) is 0 Å². The van der Waals surface area contributed by atoms with Gasteiger partial charge < -0.3 is 10.5 Å². The summed E-state index contributed by atoms with van der Waals surface area (Å²) in [5.41, 5.74) is 4.95. The van der Waals surface area contributed by atoms with Gasteiger partial charge >= 0.3 is 5.97 Å². The Morgan fingerprint density at radius 1 is 1.46 bits per heavy atom. The lowest BCUT2D eigenvalue weighted by Gasteiger charge is -2.19. The van der Waals surface area contributed by atoms with Crippen LogP contribution >= 0.6 is 11.8 Å². The van der Waals surface area contributed by atoms with Crippen LogP contribution in [-0.2, 0) is 9.53 Å². The van der Waals surface area contributed by atoms with E-state index in [1.807, 2.05) is 20.8 Å². The highest BCUT2D eigenvalue weighted by Crippen LogP contribution is 2.10. The number of hydrogen-bond donors (Lipinski definition) is 1. The Hall–Kier alpha value is -0.220. The number of hydrogen-bond acceptors (Lipinski definition) is 4. The molecule has 0 aliphatic carbocycles. The molecule has 0 atom stereocenters. The fourth-order valence-corrected chi connectivity index (χ4v) is 1.45. The molecule has 0 saturated heterocycles. The minimum Gasteiger partial charge on any atom is -0.459 e. The highest BCUT2D eigenvalue weighted by molar-refractivity contribution is 7.99. The monoisotopic (exact) mass is 205 g/mol. The van der Waals surface area contributed by atoms with Crippen LogP contribution in [0.15, 0.2) is 0 Å². The number of thioether (sulfide) groups is 1. The summed E-state index contributed by atoms with van der Waals surface area (Å²) < 4.78 is 5.13. The van der Waals surface area contributed by atoms with Gasteiger partial charge in [-0.05, 0) is 39.5 Å². The fourth-order valence-electron chi connectivity index (χ4n) is 0.712. The molecular formula is C9H19NO2S. The number of rotatable bonds is 5. The summed E-state index contributed by atoms with van der Waals surface area (Å²) >= 11 is 1.57. The van der Waals surface area contributed by atoms with Gasteiger partial charge in [-0.1, -0.05) is 0 Å². The van der Waals surface area contributed by atoms with E-state index >= 15 is 0 Å². The number of esters is 1. The smallest absolute Gasteiger partial charge is 0.316 e. The van der Waals surface area contributed by atoms with E-state index in [0.29, 0.717) is 12.3 Å². The largest absolute Gasteiger partial charge is 0.459 e. The Bertz CT molecular complexity index is 154. The van der Waals surface area contributed by atoms with Crippen molar-refractivity contribution in [2.45, 2.75) is 32.8 Å². The van der Waals surface area contributed by atoms with Crippen LogP contribution < -0.4 is 5.73 Å². The summed E-state index contributed by atoms with van der Waals surface area (Å²) in [7, 11) is 0. The molecule has 0 aliphatic heterocycles. The van der Waals surface area contributed by atoms with Crippen LogP contribution in [0.3, 0.4) is 0 Å². The highest BCUT2D eigenvalue weighted by atomic mass is 32.2. The standard InChI is InChI=1S/C9H19NO2S/c1-9(2,3)12-8(11)7-13-6-4-5-10/h4-7,10H2,1-3H3. The Kier molecular flexibility index (Phi) is 6.16. The average Bonchev–Trinajstić information content (AvgIpc) is 1.94. The van der Waals surface area contributed by atoms with Gasteiger partial charge in [0.1, 0.15) is 5.60 Å². The summed E-state index contributed by atoms with van der Waals surface area (Å²) in [6.45, 7) is 6.29. The molecule has 3 nitrogen and oxygen atoms in total. The van der Waals surface area contributed by atoms with Crippen molar-refractivity contribution in [1.29, 1.82) is 0 Å². The molecular weight excluding hydrogens is 186 g/mol. The maximum absolute atomic E-state index is 11.1. The van der Waals surface area contributed by atoms with E-state index in [-0.39, 0.29) is 11.6 Å². The summed E-state index contributed by atoms with van der Waals surface area (Å²) in [5, 5.41) is 0. The third-order valence-corrected chi connectivity index (χ3v) is 2.15. The molecule has 0 heterocycles. The minimum atomic E-state index is -0.370. The zero-order valence-corrected chi connectivity index (χ0v) is 9.45. The summed E-state index contributed by atoms with van der Waals surface area (Å²) in [4.78, 5) is 11.1. The molecule has 2 N–H and O–H groups in total. The van der Waals surface area contributed by atoms with Crippen molar-refractivity contribution in [2.75, 3.05) is 18.1 Å². The van der Waals surface area contributed by atoms with E-state index in [0.717, 1.165) is 12.2 Å². The summed E-state index contributed by atoms with van der Waals surface area (Å²) in [5.74, 6) is 1.21. The number of nitrogens with two attached hydrogens (primary N) is 1. The molecule has 0 unspecified atom stereocenters. The third kappa shape index (κ3) is 9.70. The number of ether oxygens (including phenoxy) is 1. The molecule has 78 valence electrons. The van der Waals surface area contributed by atoms with E-state index in [1.165, 1.54) is 0 Å². The second kappa shape index (κ2) is 6.27. The fraction of sp³-hybridized carbons (Fsp3) is 0.889. The van der Waals surface area contributed by atoms with Gasteiger partial charge in [-0.25, -0.2) is 0 Å². The van der Waals surface area contributed by atoms with Gasteiger partial charge in [0, 0.05) is 0 Å². The predicted octanol–water partition coefficient (Wildman–Crippen LogP) is 1.41. The molecule has 0 fully saturated rings. The van der Waals surface area contributed by atoms with Crippen molar-refractivity contribution >= 4 is 17.7 Å². The Morgan fingerprint density at radius 2 is 2.08 bits per heavy atom. The molecule has 0 rings (SSSR count). The molecule has 0 aromatic carbocycles. The number of carbonyl (C=O) groups excluding carboxylic acids is 1. The van der Waals surface area contributed by atoms with Crippen molar-refractivity contribution < 1.29 is 9.53 Å². The molecule has 0 bridgehead atoms. The molecule has 4 heteroatoms. The molecule has 0 aliphatic rings. The minimum absolute atomic E-state index is 0.144. The second-order valence-corrected chi connectivity index (χ2v) is 4.89. The van der Waals surface area contributed by atoms with Gasteiger partial charge in [0.15, 0.2) is 0 Å². The lowest BCUT2D eigenvalue weighted by molar-refractivity contribution is -0.151. The van der Waals surface area contributed by atoms with Gasteiger partial charge in [-0.2, -0.15) is 11.8 Å². The normalized spacial score (nSPS) is 11.4. The van der Waals surface area contributed by atoms with Crippen molar-refractivity contribution in [3.05, 3.63) is 0 Å². The molecule has 0 aromatic heterocycles. The van der Waals surface area contributed by atoms with Gasteiger partial charge in [0.05, 0.1) is 5.75 Å². The molecule has 13 heavy (non-hydrogen) atoms. The van der Waals surface area contributed by atoms with Crippen LogP contribution in [0.1, 0.15) is 27.2 Å². The Balaban J connectivity index is 3.41. The summed E-state index contributed by atoms with van der Waals surface area (Å²) in [6, 6.07) is 0. The van der Waals surface area contributed by atoms with Crippen LogP contribution in [0, 0.1) is 0 Å². The molecule has 0 saturated carbocycles. The first-order chi connectivity index (χ1) is 5.95. The molecule has 0 aromatic rings. The molecule has 0 spiro atoms. The first kappa shape index (κ1) is 12.8. The van der Waals surface area contributed by atoms with E-state index in [4.69, 9.17) is 10.5 Å². The van der Waals surface area contributed by atoms with Crippen LogP contribution in [0.25, 0.3) is 0 Å². The summed E-state index contributed by atoms with van der Waals surface area (Å²) in [6.07, 6.45) is 0.952. The van der Waals surface area contributed by atoms with Crippen LogP contribution in [0.4, 0.5) is 0 Å². The van der Waals surface area contributed by atoms with E-state index < -0.39 is 0 Å². The van der Waals surface area contributed by atoms with Crippen molar-refractivity contribution in [2.24, 2.45) is 5.73 Å². The number of carbonyl (C=O) groups is 1. The van der Waals surface area contributed by atoms with E-state index in [1.54, 1.807) is 11.8 Å². The zero-order chi connectivity index (χ0) is 10.3. The van der Waals surface area contributed by atoms with E-state index in [2.05, 4.69) is 0 Å². The van der Waals surface area contributed by atoms with Crippen LogP contribution in [0.5, 0.6) is 0 Å². The molecule has 0 radical (unpaired) electrons. The predicted molar refractivity (Wildman–Crippen MR) is 56.8 cm³/mol. The van der Waals surface area contributed by atoms with E-state index in [9.17, 15) is 4.79 Å². The highest BCUT2D eigenvalue weighted by Gasteiger charge is 2.15. The van der Waals surface area contributed by atoms with Gasteiger partial charge in [0.25, 0.3) is 0 Å².